The summed E-state index contributed by atoms with van der Waals surface area (Å²) in [5, 5.41) is 4.96. The Balaban J connectivity index is 3.17. The van der Waals surface area contributed by atoms with E-state index >= 15 is 0 Å². The number of esters is 1. The third-order valence-corrected chi connectivity index (χ3v) is 2.78. The van der Waals surface area contributed by atoms with Crippen LogP contribution in [0.1, 0.15) is 12.5 Å². The smallest absolute Gasteiger partial charge is 0.351 e. The number of carbonyl (C=O) groups excluding carboxylic acids is 1. The molecule has 0 fully saturated rings. The number of ether oxygens (including phenoxy) is 1. The number of sulfonamides is 1. The van der Waals surface area contributed by atoms with Crippen LogP contribution in [0, 0.1) is 0 Å². The lowest BCUT2D eigenvalue weighted by atomic mass is 10.2. The molecule has 0 aliphatic carbocycles. The van der Waals surface area contributed by atoms with Crippen LogP contribution >= 0.6 is 0 Å². The van der Waals surface area contributed by atoms with Crippen LogP contribution in [0.5, 0.6) is 0 Å². The molecular weight excluding hydrogens is 242 g/mol. The summed E-state index contributed by atoms with van der Waals surface area (Å²) in [6.45, 7) is 1.67. The number of benzene rings is 1. The van der Waals surface area contributed by atoms with Crippen LogP contribution in [0.25, 0.3) is 6.08 Å². The molecule has 0 amide bonds. The molecule has 0 radical (unpaired) electrons. The lowest BCUT2D eigenvalue weighted by Gasteiger charge is -2.04. The van der Waals surface area contributed by atoms with Crippen molar-refractivity contribution in [3.63, 3.8) is 0 Å². The highest BCUT2D eigenvalue weighted by Gasteiger charge is 2.22. The van der Waals surface area contributed by atoms with Gasteiger partial charge in [-0.2, -0.15) is 0 Å². The van der Waals surface area contributed by atoms with Crippen LogP contribution in [0.2, 0.25) is 0 Å². The predicted octanol–water partition coefficient (Wildman–Crippen LogP) is 0.879. The lowest BCUT2D eigenvalue weighted by Crippen LogP contribution is -2.22. The highest BCUT2D eigenvalue weighted by Crippen LogP contribution is 2.11. The number of hydrogen-bond acceptors (Lipinski definition) is 4. The van der Waals surface area contributed by atoms with Gasteiger partial charge in [0.1, 0.15) is 0 Å². The average molecular weight is 255 g/mol. The summed E-state index contributed by atoms with van der Waals surface area (Å²) >= 11 is 0. The van der Waals surface area contributed by atoms with E-state index in [0.29, 0.717) is 5.56 Å². The summed E-state index contributed by atoms with van der Waals surface area (Å²) in [5.41, 5.74) is 0.560. The van der Waals surface area contributed by atoms with Gasteiger partial charge in [0.15, 0.2) is 4.91 Å². The van der Waals surface area contributed by atoms with Gasteiger partial charge in [-0.15, -0.1) is 0 Å². The first kappa shape index (κ1) is 13.4. The summed E-state index contributed by atoms with van der Waals surface area (Å²) in [7, 11) is -4.10. The third kappa shape index (κ3) is 4.01. The second-order valence-corrected chi connectivity index (χ2v) is 4.71. The van der Waals surface area contributed by atoms with Gasteiger partial charge in [-0.3, -0.25) is 0 Å². The van der Waals surface area contributed by atoms with E-state index in [-0.39, 0.29) is 6.61 Å². The van der Waals surface area contributed by atoms with Crippen molar-refractivity contribution in [2.24, 2.45) is 5.14 Å². The van der Waals surface area contributed by atoms with Gasteiger partial charge in [-0.1, -0.05) is 30.3 Å². The van der Waals surface area contributed by atoms with Crippen LogP contribution in [-0.4, -0.2) is 21.0 Å². The van der Waals surface area contributed by atoms with Crippen molar-refractivity contribution in [2.45, 2.75) is 6.92 Å². The van der Waals surface area contributed by atoms with Crippen molar-refractivity contribution in [1.82, 2.24) is 0 Å². The zero-order valence-electron chi connectivity index (χ0n) is 9.29. The number of carbonyl (C=O) groups is 1. The molecule has 1 aromatic carbocycles. The maximum absolute atomic E-state index is 11.4. The fourth-order valence-electron chi connectivity index (χ4n) is 1.16. The lowest BCUT2D eigenvalue weighted by molar-refractivity contribution is -0.137. The summed E-state index contributed by atoms with van der Waals surface area (Å²) in [6.07, 6.45) is 1.19. The van der Waals surface area contributed by atoms with Gasteiger partial charge in [0.2, 0.25) is 10.0 Å². The molecule has 0 aliphatic rings. The molecule has 0 atom stereocenters. The van der Waals surface area contributed by atoms with Gasteiger partial charge in [0, 0.05) is 0 Å². The zero-order valence-corrected chi connectivity index (χ0v) is 10.1. The minimum Gasteiger partial charge on any atom is -0.462 e. The van der Waals surface area contributed by atoms with Crippen molar-refractivity contribution in [3.05, 3.63) is 40.8 Å². The second kappa shape index (κ2) is 5.60. The molecule has 0 aliphatic heterocycles. The molecule has 0 aromatic heterocycles. The fourth-order valence-corrected chi connectivity index (χ4v) is 1.75. The van der Waals surface area contributed by atoms with Crippen LogP contribution in [0.3, 0.4) is 0 Å². The Morgan fingerprint density at radius 1 is 1.35 bits per heavy atom. The molecule has 5 nitrogen and oxygen atoms in total. The van der Waals surface area contributed by atoms with Gasteiger partial charge >= 0.3 is 5.97 Å². The zero-order chi connectivity index (χ0) is 12.9. The molecule has 1 rings (SSSR count). The van der Waals surface area contributed by atoms with E-state index < -0.39 is 20.9 Å². The van der Waals surface area contributed by atoms with Crippen LogP contribution in [-0.2, 0) is 19.6 Å². The first-order valence-electron chi connectivity index (χ1n) is 4.92. The Kier molecular flexibility index (Phi) is 4.42. The Morgan fingerprint density at radius 3 is 2.41 bits per heavy atom. The minimum absolute atomic E-state index is 0.0838. The van der Waals surface area contributed by atoms with E-state index in [1.54, 1.807) is 37.3 Å². The maximum atomic E-state index is 11.4. The van der Waals surface area contributed by atoms with Crippen molar-refractivity contribution < 1.29 is 17.9 Å². The minimum atomic E-state index is -4.10. The molecule has 2 N–H and O–H groups in total. The Bertz CT molecular complexity index is 520. The van der Waals surface area contributed by atoms with Crippen molar-refractivity contribution in [2.75, 3.05) is 6.61 Å². The van der Waals surface area contributed by atoms with E-state index in [1.807, 2.05) is 0 Å². The van der Waals surface area contributed by atoms with E-state index in [9.17, 15) is 13.2 Å². The number of primary sulfonamides is 1. The number of rotatable bonds is 4. The van der Waals surface area contributed by atoms with Crippen molar-refractivity contribution in [3.8, 4) is 0 Å². The molecule has 6 heteroatoms. The second-order valence-electron chi connectivity index (χ2n) is 3.18. The van der Waals surface area contributed by atoms with E-state index in [0.717, 1.165) is 0 Å². The van der Waals surface area contributed by atoms with Gasteiger partial charge in [0.05, 0.1) is 6.61 Å². The summed E-state index contributed by atoms with van der Waals surface area (Å²) in [4.78, 5) is 10.9. The first-order chi connectivity index (χ1) is 7.95. The molecule has 0 unspecified atom stereocenters. The Hall–Kier alpha value is -1.66. The number of hydrogen-bond donors (Lipinski definition) is 1. The fraction of sp³-hybridized carbons (Fsp3) is 0.182. The van der Waals surface area contributed by atoms with E-state index in [1.165, 1.54) is 6.08 Å². The van der Waals surface area contributed by atoms with E-state index in [2.05, 4.69) is 4.74 Å². The van der Waals surface area contributed by atoms with Crippen LogP contribution < -0.4 is 5.14 Å². The molecule has 0 saturated heterocycles. The Morgan fingerprint density at radius 2 is 1.94 bits per heavy atom. The van der Waals surface area contributed by atoms with Crippen LogP contribution in [0.4, 0.5) is 0 Å². The summed E-state index contributed by atoms with van der Waals surface area (Å²) in [5.74, 6) is -0.946. The molecule has 17 heavy (non-hydrogen) atoms. The Labute approximate surface area is 99.9 Å². The van der Waals surface area contributed by atoms with Crippen LogP contribution in [0.15, 0.2) is 35.2 Å². The van der Waals surface area contributed by atoms with Crippen molar-refractivity contribution >= 4 is 22.1 Å². The molecule has 0 heterocycles. The molecule has 0 saturated carbocycles. The largest absolute Gasteiger partial charge is 0.462 e. The molecule has 1 aromatic rings. The SMILES string of the molecule is CCOC(=O)/C(=C/c1ccccc1)S(N)(=O)=O. The highest BCUT2D eigenvalue weighted by molar-refractivity contribution is 7.94. The topological polar surface area (TPSA) is 86.5 Å². The maximum Gasteiger partial charge on any atom is 0.351 e. The predicted molar refractivity (Wildman–Crippen MR) is 64.2 cm³/mol. The van der Waals surface area contributed by atoms with Gasteiger partial charge in [0.25, 0.3) is 0 Å². The molecule has 0 bridgehead atoms. The average Bonchev–Trinajstić information content (AvgIpc) is 2.26. The highest BCUT2D eigenvalue weighted by atomic mass is 32.2. The van der Waals surface area contributed by atoms with Gasteiger partial charge in [-0.05, 0) is 18.6 Å². The van der Waals surface area contributed by atoms with Crippen molar-refractivity contribution in [1.29, 1.82) is 0 Å². The molecule has 92 valence electrons. The summed E-state index contributed by atoms with van der Waals surface area (Å²) in [6, 6.07) is 8.53. The van der Waals surface area contributed by atoms with E-state index in [4.69, 9.17) is 5.14 Å². The number of nitrogens with two attached hydrogens (primary N) is 1. The first-order valence-corrected chi connectivity index (χ1v) is 6.46. The van der Waals surface area contributed by atoms with Gasteiger partial charge in [-0.25, -0.2) is 18.4 Å². The summed E-state index contributed by atoms with van der Waals surface area (Å²) < 4.78 is 27.2. The normalized spacial score (nSPS) is 12.2. The molecule has 0 spiro atoms. The molecular formula is C11H13NO4S. The quantitative estimate of drug-likeness (QED) is 0.639. The third-order valence-electron chi connectivity index (χ3n) is 1.88. The monoisotopic (exact) mass is 255 g/mol. The standard InChI is InChI=1S/C11H13NO4S/c1-2-16-11(13)10(17(12,14)15)8-9-6-4-3-5-7-9/h3-8H,2H2,1H3,(H2,12,14,15)/b10-8-. The van der Waals surface area contributed by atoms with Gasteiger partial charge < -0.3 is 4.74 Å².